The standard InChI is InChI=1S/C20H20Cl2N2O3/c1-2-6-14(11-18(25)26)24-17-10-4-3-9-16(17)23(20(24)27)12-13-7-5-8-15(21)19(13)22/h3-5,7-10,14H,2,6,11-12H2,1H3,(H,25,26). The number of aromatic nitrogens is 2. The average Bonchev–Trinajstić information content (AvgIpc) is 2.90. The first-order chi connectivity index (χ1) is 12.9. The number of nitrogens with zero attached hydrogens (tertiary/aromatic N) is 2. The summed E-state index contributed by atoms with van der Waals surface area (Å²) in [6, 6.07) is 12.3. The molecule has 0 aliphatic rings. The second-order valence-electron chi connectivity index (χ2n) is 6.48. The number of carboxylic acid groups (broad SMARTS) is 1. The highest BCUT2D eigenvalue weighted by atomic mass is 35.5. The van der Waals surface area contributed by atoms with Crippen LogP contribution in [-0.4, -0.2) is 20.2 Å². The summed E-state index contributed by atoms with van der Waals surface area (Å²) in [5.74, 6) is -0.921. The number of imidazole rings is 1. The van der Waals surface area contributed by atoms with Crippen molar-refractivity contribution in [1.29, 1.82) is 0 Å². The minimum absolute atomic E-state index is 0.0975. The van der Waals surface area contributed by atoms with E-state index in [1.54, 1.807) is 21.3 Å². The predicted octanol–water partition coefficient (Wildman–Crippen LogP) is 4.97. The number of rotatable bonds is 7. The summed E-state index contributed by atoms with van der Waals surface area (Å²) < 4.78 is 3.22. The number of hydrogen-bond donors (Lipinski definition) is 1. The highest BCUT2D eigenvalue weighted by Crippen LogP contribution is 2.28. The molecule has 0 aliphatic heterocycles. The van der Waals surface area contributed by atoms with Gasteiger partial charge in [-0.15, -0.1) is 0 Å². The Balaban J connectivity index is 2.17. The largest absolute Gasteiger partial charge is 0.481 e. The van der Waals surface area contributed by atoms with Gasteiger partial charge >= 0.3 is 11.7 Å². The summed E-state index contributed by atoms with van der Waals surface area (Å²) in [6.45, 7) is 2.24. The second-order valence-corrected chi connectivity index (χ2v) is 7.27. The van der Waals surface area contributed by atoms with Crippen LogP contribution in [0.25, 0.3) is 11.0 Å². The van der Waals surface area contributed by atoms with Gasteiger partial charge < -0.3 is 5.11 Å². The second kappa shape index (κ2) is 8.19. The third kappa shape index (κ3) is 3.89. The molecule has 5 nitrogen and oxygen atoms in total. The topological polar surface area (TPSA) is 64.2 Å². The van der Waals surface area contributed by atoms with E-state index in [9.17, 15) is 14.7 Å². The Labute approximate surface area is 166 Å². The van der Waals surface area contributed by atoms with Gasteiger partial charge in [0.25, 0.3) is 0 Å². The Morgan fingerprint density at radius 1 is 1.11 bits per heavy atom. The van der Waals surface area contributed by atoms with Crippen molar-refractivity contribution in [1.82, 2.24) is 9.13 Å². The molecule has 2 aromatic carbocycles. The Kier molecular flexibility index (Phi) is 5.92. The molecule has 142 valence electrons. The van der Waals surface area contributed by atoms with Crippen LogP contribution in [-0.2, 0) is 11.3 Å². The van der Waals surface area contributed by atoms with Crippen LogP contribution in [0.2, 0.25) is 10.0 Å². The molecule has 3 aromatic rings. The first-order valence-electron chi connectivity index (χ1n) is 8.78. The number of hydrogen-bond acceptors (Lipinski definition) is 2. The summed E-state index contributed by atoms with van der Waals surface area (Å²) >= 11 is 12.4. The van der Waals surface area contributed by atoms with Crippen molar-refractivity contribution in [3.63, 3.8) is 0 Å². The fraction of sp³-hybridized carbons (Fsp3) is 0.300. The fourth-order valence-corrected chi connectivity index (χ4v) is 3.82. The van der Waals surface area contributed by atoms with Crippen molar-refractivity contribution in [2.75, 3.05) is 0 Å². The van der Waals surface area contributed by atoms with Gasteiger partial charge in [-0.25, -0.2) is 4.79 Å². The molecule has 27 heavy (non-hydrogen) atoms. The lowest BCUT2D eigenvalue weighted by Crippen LogP contribution is -2.29. The van der Waals surface area contributed by atoms with Crippen molar-refractivity contribution in [3.05, 3.63) is 68.6 Å². The molecule has 1 aromatic heterocycles. The minimum Gasteiger partial charge on any atom is -0.481 e. The Morgan fingerprint density at radius 3 is 2.48 bits per heavy atom. The molecule has 3 rings (SSSR count). The first-order valence-corrected chi connectivity index (χ1v) is 9.54. The maximum atomic E-state index is 13.2. The number of halogens is 2. The van der Waals surface area contributed by atoms with Crippen LogP contribution < -0.4 is 5.69 Å². The molecule has 1 unspecified atom stereocenters. The van der Waals surface area contributed by atoms with Crippen LogP contribution in [0.1, 0.15) is 37.8 Å². The van der Waals surface area contributed by atoms with Gasteiger partial charge in [0.2, 0.25) is 0 Å². The molecule has 0 aliphatic carbocycles. The molecule has 0 spiro atoms. The normalized spacial score (nSPS) is 12.4. The molecule has 0 radical (unpaired) electrons. The van der Waals surface area contributed by atoms with E-state index in [1.165, 1.54) is 0 Å². The highest BCUT2D eigenvalue weighted by Gasteiger charge is 2.22. The van der Waals surface area contributed by atoms with E-state index >= 15 is 0 Å². The van der Waals surface area contributed by atoms with Gasteiger partial charge in [0.15, 0.2) is 0 Å². The molecular weight excluding hydrogens is 387 g/mol. The van der Waals surface area contributed by atoms with Gasteiger partial charge in [-0.3, -0.25) is 13.9 Å². The number of benzene rings is 2. The van der Waals surface area contributed by atoms with E-state index in [1.807, 2.05) is 37.3 Å². The summed E-state index contributed by atoms with van der Waals surface area (Å²) in [5.41, 5.74) is 1.96. The van der Waals surface area contributed by atoms with E-state index in [2.05, 4.69) is 0 Å². The molecule has 1 N–H and O–H groups in total. The predicted molar refractivity (Wildman–Crippen MR) is 108 cm³/mol. The Bertz CT molecular complexity index is 1040. The van der Waals surface area contributed by atoms with Gasteiger partial charge in [0.1, 0.15) is 0 Å². The Hall–Kier alpha value is -2.24. The molecule has 1 atom stereocenters. The van der Waals surface area contributed by atoms with Crippen LogP contribution >= 0.6 is 23.2 Å². The van der Waals surface area contributed by atoms with E-state index in [0.717, 1.165) is 23.0 Å². The highest BCUT2D eigenvalue weighted by molar-refractivity contribution is 6.42. The molecular formula is C20H20Cl2N2O3. The average molecular weight is 407 g/mol. The third-order valence-corrected chi connectivity index (χ3v) is 5.48. The Morgan fingerprint density at radius 2 is 1.81 bits per heavy atom. The van der Waals surface area contributed by atoms with Gasteiger partial charge in [-0.2, -0.15) is 0 Å². The fourth-order valence-electron chi connectivity index (χ4n) is 3.44. The van der Waals surface area contributed by atoms with Crippen molar-refractivity contribution in [3.8, 4) is 0 Å². The molecule has 0 amide bonds. The number of para-hydroxylation sites is 2. The van der Waals surface area contributed by atoms with E-state index in [4.69, 9.17) is 23.2 Å². The lowest BCUT2D eigenvalue weighted by Gasteiger charge is -2.16. The smallest absolute Gasteiger partial charge is 0.329 e. The van der Waals surface area contributed by atoms with Crippen molar-refractivity contribution < 1.29 is 9.90 Å². The van der Waals surface area contributed by atoms with Gasteiger partial charge in [-0.05, 0) is 30.2 Å². The summed E-state index contributed by atoms with van der Waals surface area (Å²) in [5, 5.41) is 10.1. The zero-order valence-electron chi connectivity index (χ0n) is 14.9. The van der Waals surface area contributed by atoms with E-state index < -0.39 is 12.0 Å². The number of carboxylic acids is 1. The summed E-state index contributed by atoms with van der Waals surface area (Å²) in [4.78, 5) is 24.6. The van der Waals surface area contributed by atoms with Crippen molar-refractivity contribution in [2.24, 2.45) is 0 Å². The van der Waals surface area contributed by atoms with Crippen LogP contribution in [0.4, 0.5) is 0 Å². The van der Waals surface area contributed by atoms with E-state index in [-0.39, 0.29) is 18.7 Å². The monoisotopic (exact) mass is 406 g/mol. The zero-order chi connectivity index (χ0) is 19.6. The van der Waals surface area contributed by atoms with Crippen molar-refractivity contribution >= 4 is 40.2 Å². The summed E-state index contributed by atoms with van der Waals surface area (Å²) in [6.07, 6.45) is 1.29. The van der Waals surface area contributed by atoms with Crippen molar-refractivity contribution in [2.45, 2.75) is 38.8 Å². The van der Waals surface area contributed by atoms with E-state index in [0.29, 0.717) is 16.5 Å². The molecule has 0 bridgehead atoms. The molecule has 0 saturated carbocycles. The minimum atomic E-state index is -0.921. The lowest BCUT2D eigenvalue weighted by atomic mass is 10.1. The zero-order valence-corrected chi connectivity index (χ0v) is 16.4. The third-order valence-electron chi connectivity index (χ3n) is 4.63. The number of carbonyl (C=O) groups is 1. The maximum absolute atomic E-state index is 13.2. The lowest BCUT2D eigenvalue weighted by molar-refractivity contribution is -0.137. The molecule has 0 fully saturated rings. The van der Waals surface area contributed by atoms with Crippen LogP contribution in [0.5, 0.6) is 0 Å². The van der Waals surface area contributed by atoms with Gasteiger partial charge in [0, 0.05) is 6.04 Å². The molecule has 0 saturated heterocycles. The van der Waals surface area contributed by atoms with Gasteiger partial charge in [-0.1, -0.05) is 60.8 Å². The summed E-state index contributed by atoms with van der Waals surface area (Å²) in [7, 11) is 0. The maximum Gasteiger partial charge on any atom is 0.329 e. The number of aliphatic carboxylic acids is 1. The SMILES string of the molecule is CCCC(CC(=O)O)n1c(=O)n(Cc2cccc(Cl)c2Cl)c2ccccc21. The van der Waals surface area contributed by atoms with Crippen LogP contribution in [0, 0.1) is 0 Å². The number of fused-ring (bicyclic) bond motifs is 1. The first kappa shape index (κ1) is 19.5. The molecule has 7 heteroatoms. The van der Waals surface area contributed by atoms with Crippen LogP contribution in [0.15, 0.2) is 47.3 Å². The van der Waals surface area contributed by atoms with Crippen LogP contribution in [0.3, 0.4) is 0 Å². The molecule has 1 heterocycles. The van der Waals surface area contributed by atoms with Gasteiger partial charge in [0.05, 0.1) is 34.0 Å². The quantitative estimate of drug-likeness (QED) is 0.601.